The zero-order chi connectivity index (χ0) is 18.1. The maximum absolute atomic E-state index is 12.9. The third kappa shape index (κ3) is 3.12. The van der Waals surface area contributed by atoms with Gasteiger partial charge in [0.05, 0.1) is 0 Å². The highest BCUT2D eigenvalue weighted by atomic mass is 16.2. The van der Waals surface area contributed by atoms with Crippen LogP contribution in [0.5, 0.6) is 0 Å². The van der Waals surface area contributed by atoms with Crippen LogP contribution in [-0.2, 0) is 0 Å². The van der Waals surface area contributed by atoms with Crippen LogP contribution in [0.2, 0.25) is 0 Å². The number of carbonyl (C=O) groups excluding carboxylic acids is 1. The fraction of sp³-hybridized carbons (Fsp3) is 0.400. The summed E-state index contributed by atoms with van der Waals surface area (Å²) in [5, 5.41) is 0. The lowest BCUT2D eigenvalue weighted by atomic mass is 10.2. The Kier molecular flexibility index (Phi) is 4.51. The molecule has 6 heteroatoms. The van der Waals surface area contributed by atoms with Crippen LogP contribution in [-0.4, -0.2) is 62.2 Å². The highest BCUT2D eigenvalue weighted by Gasteiger charge is 2.32. The summed E-state index contributed by atoms with van der Waals surface area (Å²) < 4.78 is 0. The number of likely N-dealkylation sites (N-methyl/N-ethyl adjacent to an activating group) is 1. The molecule has 3 heterocycles. The van der Waals surface area contributed by atoms with E-state index in [9.17, 15) is 4.79 Å². The third-order valence-electron chi connectivity index (χ3n) is 5.21. The molecule has 0 spiro atoms. The molecule has 0 saturated carbocycles. The first-order valence-electron chi connectivity index (χ1n) is 9.19. The predicted octanol–water partition coefficient (Wildman–Crippen LogP) is 2.59. The number of hydrogen-bond acceptors (Lipinski definition) is 4. The number of rotatable bonds is 3. The van der Waals surface area contributed by atoms with E-state index in [0.717, 1.165) is 49.1 Å². The van der Waals surface area contributed by atoms with E-state index >= 15 is 0 Å². The molecule has 1 aromatic carbocycles. The van der Waals surface area contributed by atoms with Crippen LogP contribution in [0.25, 0.3) is 0 Å². The molecule has 0 aliphatic carbocycles. The molecule has 26 heavy (non-hydrogen) atoms. The lowest BCUT2D eigenvalue weighted by molar-refractivity contribution is 0.255. The lowest BCUT2D eigenvalue weighted by Gasteiger charge is -2.34. The largest absolute Gasteiger partial charge is 0.354 e. The summed E-state index contributed by atoms with van der Waals surface area (Å²) in [7, 11) is 2.15. The standard InChI is InChI=1S/C20H25N5O/c1-16-8-9-18(21-19(16)23-12-10-22(2)11-13-23)25-15-14-24(20(25)26)17-6-4-3-5-7-17/h3-9H,10-15H2,1-2H3. The number of urea groups is 1. The molecule has 6 nitrogen and oxygen atoms in total. The molecule has 2 saturated heterocycles. The summed E-state index contributed by atoms with van der Waals surface area (Å²) in [5.74, 6) is 1.74. The van der Waals surface area contributed by atoms with Crippen molar-refractivity contribution < 1.29 is 4.79 Å². The Morgan fingerprint density at radius 1 is 0.846 bits per heavy atom. The molecule has 2 aromatic rings. The highest BCUT2D eigenvalue weighted by molar-refractivity contribution is 6.05. The van der Waals surface area contributed by atoms with Gasteiger partial charge in [-0.1, -0.05) is 24.3 Å². The van der Waals surface area contributed by atoms with Crippen LogP contribution in [0.3, 0.4) is 0 Å². The average molecular weight is 351 g/mol. The van der Waals surface area contributed by atoms with Crippen molar-refractivity contribution >= 4 is 23.4 Å². The Labute approximate surface area is 154 Å². The van der Waals surface area contributed by atoms with Crippen molar-refractivity contribution in [3.63, 3.8) is 0 Å². The molecular formula is C20H25N5O. The Bertz CT molecular complexity index is 786. The number of pyridine rings is 1. The van der Waals surface area contributed by atoms with E-state index < -0.39 is 0 Å². The van der Waals surface area contributed by atoms with E-state index in [0.29, 0.717) is 13.1 Å². The molecule has 0 atom stereocenters. The van der Waals surface area contributed by atoms with Crippen molar-refractivity contribution in [1.82, 2.24) is 9.88 Å². The second kappa shape index (κ2) is 6.96. The summed E-state index contributed by atoms with van der Waals surface area (Å²) in [6.07, 6.45) is 0. The number of hydrogen-bond donors (Lipinski definition) is 0. The monoisotopic (exact) mass is 351 g/mol. The van der Waals surface area contributed by atoms with Gasteiger partial charge >= 0.3 is 6.03 Å². The van der Waals surface area contributed by atoms with E-state index in [2.05, 4.69) is 29.8 Å². The zero-order valence-electron chi connectivity index (χ0n) is 15.4. The molecule has 0 bridgehead atoms. The summed E-state index contributed by atoms with van der Waals surface area (Å²) >= 11 is 0. The lowest BCUT2D eigenvalue weighted by Crippen LogP contribution is -2.45. The fourth-order valence-electron chi connectivity index (χ4n) is 3.59. The number of aryl methyl sites for hydroxylation is 1. The van der Waals surface area contributed by atoms with Crippen LogP contribution >= 0.6 is 0 Å². The zero-order valence-corrected chi connectivity index (χ0v) is 15.4. The molecule has 2 fully saturated rings. The van der Waals surface area contributed by atoms with Gasteiger partial charge in [-0.2, -0.15) is 0 Å². The number of benzene rings is 1. The van der Waals surface area contributed by atoms with Gasteiger partial charge in [0.25, 0.3) is 0 Å². The van der Waals surface area contributed by atoms with Gasteiger partial charge in [0.15, 0.2) is 0 Å². The van der Waals surface area contributed by atoms with Crippen molar-refractivity contribution in [2.75, 3.05) is 61.0 Å². The molecule has 1 aromatic heterocycles. The maximum Gasteiger partial charge on any atom is 0.330 e. The molecular weight excluding hydrogens is 326 g/mol. The molecule has 0 N–H and O–H groups in total. The van der Waals surface area contributed by atoms with Crippen molar-refractivity contribution in [2.45, 2.75) is 6.92 Å². The first kappa shape index (κ1) is 16.8. The van der Waals surface area contributed by atoms with Gasteiger partial charge in [-0.05, 0) is 37.7 Å². The van der Waals surface area contributed by atoms with Crippen LogP contribution in [0.4, 0.5) is 22.1 Å². The normalized spacial score (nSPS) is 18.7. The SMILES string of the molecule is Cc1ccc(N2CCN(c3ccccc3)C2=O)nc1N1CCN(C)CC1. The van der Waals surface area contributed by atoms with Crippen LogP contribution < -0.4 is 14.7 Å². The van der Waals surface area contributed by atoms with Gasteiger partial charge in [0, 0.05) is 45.0 Å². The average Bonchev–Trinajstić information content (AvgIpc) is 3.05. The van der Waals surface area contributed by atoms with E-state index in [1.54, 1.807) is 4.90 Å². The summed E-state index contributed by atoms with van der Waals surface area (Å²) in [6, 6.07) is 13.9. The summed E-state index contributed by atoms with van der Waals surface area (Å²) in [6.45, 7) is 7.45. The minimum Gasteiger partial charge on any atom is -0.354 e. The summed E-state index contributed by atoms with van der Waals surface area (Å²) in [5.41, 5.74) is 2.09. The van der Waals surface area contributed by atoms with E-state index in [4.69, 9.17) is 4.98 Å². The quantitative estimate of drug-likeness (QED) is 0.852. The number of para-hydroxylation sites is 1. The van der Waals surface area contributed by atoms with Gasteiger partial charge in [0.2, 0.25) is 0 Å². The Hall–Kier alpha value is -2.60. The maximum atomic E-state index is 12.9. The first-order valence-corrected chi connectivity index (χ1v) is 9.19. The van der Waals surface area contributed by atoms with E-state index in [1.165, 1.54) is 0 Å². The van der Waals surface area contributed by atoms with Gasteiger partial charge in [-0.3, -0.25) is 9.80 Å². The number of piperazine rings is 1. The molecule has 2 aliphatic rings. The molecule has 4 rings (SSSR count). The number of carbonyl (C=O) groups is 1. The summed E-state index contributed by atoms with van der Waals surface area (Å²) in [4.78, 5) is 26.0. The Balaban J connectivity index is 1.57. The number of amides is 2. The number of nitrogens with zero attached hydrogens (tertiary/aromatic N) is 5. The van der Waals surface area contributed by atoms with Crippen molar-refractivity contribution in [2.24, 2.45) is 0 Å². The molecule has 0 unspecified atom stereocenters. The first-order chi connectivity index (χ1) is 12.6. The molecule has 136 valence electrons. The molecule has 2 amide bonds. The minimum absolute atomic E-state index is 0.00289. The highest BCUT2D eigenvalue weighted by Crippen LogP contribution is 2.27. The van der Waals surface area contributed by atoms with Gasteiger partial charge in [-0.25, -0.2) is 9.78 Å². The Morgan fingerprint density at radius 3 is 2.27 bits per heavy atom. The molecule has 2 aliphatic heterocycles. The fourth-order valence-corrected chi connectivity index (χ4v) is 3.59. The molecule has 0 radical (unpaired) electrons. The van der Waals surface area contributed by atoms with Gasteiger partial charge < -0.3 is 9.80 Å². The van der Waals surface area contributed by atoms with Gasteiger partial charge in [-0.15, -0.1) is 0 Å². The second-order valence-corrected chi connectivity index (χ2v) is 7.02. The van der Waals surface area contributed by atoms with Gasteiger partial charge in [0.1, 0.15) is 11.6 Å². The Morgan fingerprint density at radius 2 is 1.54 bits per heavy atom. The van der Waals surface area contributed by atoms with Crippen LogP contribution in [0, 0.1) is 6.92 Å². The van der Waals surface area contributed by atoms with Crippen molar-refractivity contribution in [3.05, 3.63) is 48.0 Å². The third-order valence-corrected chi connectivity index (χ3v) is 5.21. The van der Waals surface area contributed by atoms with E-state index in [-0.39, 0.29) is 6.03 Å². The predicted molar refractivity (Wildman–Crippen MR) is 105 cm³/mol. The van der Waals surface area contributed by atoms with Crippen LogP contribution in [0.15, 0.2) is 42.5 Å². The minimum atomic E-state index is -0.00289. The van der Waals surface area contributed by atoms with Crippen LogP contribution in [0.1, 0.15) is 5.56 Å². The second-order valence-electron chi connectivity index (χ2n) is 7.02. The van der Waals surface area contributed by atoms with Crippen molar-refractivity contribution in [1.29, 1.82) is 0 Å². The number of aromatic nitrogens is 1. The topological polar surface area (TPSA) is 42.9 Å². The van der Waals surface area contributed by atoms with E-state index in [1.807, 2.05) is 41.3 Å². The van der Waals surface area contributed by atoms with Crippen molar-refractivity contribution in [3.8, 4) is 0 Å². The smallest absolute Gasteiger partial charge is 0.330 e. The number of anilines is 3.